The lowest BCUT2D eigenvalue weighted by Gasteiger charge is -2.21. The Kier molecular flexibility index (Phi) is 3.95. The van der Waals surface area contributed by atoms with Crippen LogP contribution in [-0.2, 0) is 10.0 Å². The number of nitrogens with one attached hydrogen (secondary N) is 1. The smallest absolute Gasteiger partial charge is 0.241 e. The summed E-state index contributed by atoms with van der Waals surface area (Å²) in [5, 5.41) is 3.83. The summed E-state index contributed by atoms with van der Waals surface area (Å²) in [6.07, 6.45) is 0. The molecule has 1 aromatic heterocycles. The normalized spacial score (nSPS) is 12.6. The topological polar surface area (TPSA) is 72.2 Å². The first kappa shape index (κ1) is 15.7. The fourth-order valence-electron chi connectivity index (χ4n) is 2.00. The lowest BCUT2D eigenvalue weighted by molar-refractivity contribution is 0.427. The highest BCUT2D eigenvalue weighted by atomic mass is 32.2. The number of hydrogen-bond donors (Lipinski definition) is 1. The molecule has 0 aliphatic carbocycles. The van der Waals surface area contributed by atoms with Gasteiger partial charge < -0.3 is 4.52 Å². The molecule has 0 saturated carbocycles. The molecule has 1 aromatic carbocycles. The van der Waals surface area contributed by atoms with Crippen molar-refractivity contribution in [1.82, 2.24) is 9.88 Å². The first-order valence-electron chi connectivity index (χ1n) is 6.67. The first-order valence-corrected chi connectivity index (χ1v) is 8.15. The second-order valence-corrected chi connectivity index (χ2v) is 7.82. The molecule has 0 fully saturated rings. The Morgan fingerprint density at radius 2 is 1.81 bits per heavy atom. The predicted octanol–water partition coefficient (Wildman–Crippen LogP) is 3.04. The first-order chi connectivity index (χ1) is 9.58. The molecule has 0 spiro atoms. The standard InChI is InChI=1S/C15H20N2O3S/c1-10-6-7-12(13-8-11(2)16-20-13)9-14(10)21(18,19)17-15(3,4)5/h6-9,17H,1-5H3. The van der Waals surface area contributed by atoms with Gasteiger partial charge in [-0.1, -0.05) is 17.3 Å². The summed E-state index contributed by atoms with van der Waals surface area (Å²) >= 11 is 0. The van der Waals surface area contributed by atoms with Crippen LogP contribution in [0.3, 0.4) is 0 Å². The van der Waals surface area contributed by atoms with Gasteiger partial charge in [0.25, 0.3) is 0 Å². The Morgan fingerprint density at radius 1 is 1.14 bits per heavy atom. The van der Waals surface area contributed by atoms with Gasteiger partial charge in [-0.2, -0.15) is 0 Å². The quantitative estimate of drug-likeness (QED) is 0.946. The lowest BCUT2D eigenvalue weighted by atomic mass is 10.1. The molecule has 5 nitrogen and oxygen atoms in total. The summed E-state index contributed by atoms with van der Waals surface area (Å²) in [6.45, 7) is 9.02. The van der Waals surface area contributed by atoms with Crippen LogP contribution in [0.1, 0.15) is 32.0 Å². The van der Waals surface area contributed by atoms with E-state index in [0.717, 1.165) is 5.69 Å². The molecule has 0 bridgehead atoms. The van der Waals surface area contributed by atoms with E-state index in [1.54, 1.807) is 25.1 Å². The minimum Gasteiger partial charge on any atom is -0.356 e. The number of aryl methyl sites for hydroxylation is 2. The molecular formula is C15H20N2O3S. The highest BCUT2D eigenvalue weighted by molar-refractivity contribution is 7.89. The van der Waals surface area contributed by atoms with E-state index >= 15 is 0 Å². The van der Waals surface area contributed by atoms with Crippen LogP contribution in [-0.4, -0.2) is 19.1 Å². The van der Waals surface area contributed by atoms with Crippen molar-refractivity contribution in [3.63, 3.8) is 0 Å². The minimum absolute atomic E-state index is 0.254. The van der Waals surface area contributed by atoms with Gasteiger partial charge in [0.1, 0.15) is 0 Å². The highest BCUT2D eigenvalue weighted by Gasteiger charge is 2.24. The van der Waals surface area contributed by atoms with Gasteiger partial charge in [0, 0.05) is 17.2 Å². The van der Waals surface area contributed by atoms with Crippen molar-refractivity contribution in [2.45, 2.75) is 45.1 Å². The van der Waals surface area contributed by atoms with E-state index < -0.39 is 15.6 Å². The SMILES string of the molecule is Cc1cc(-c2ccc(C)c(S(=O)(=O)NC(C)(C)C)c2)on1. The van der Waals surface area contributed by atoms with Crippen LogP contribution in [0, 0.1) is 13.8 Å². The summed E-state index contributed by atoms with van der Waals surface area (Å²) in [6, 6.07) is 6.98. The van der Waals surface area contributed by atoms with Crippen molar-refractivity contribution in [1.29, 1.82) is 0 Å². The minimum atomic E-state index is -3.58. The Balaban J connectivity index is 2.50. The second-order valence-electron chi connectivity index (χ2n) is 6.17. The molecule has 0 aliphatic heterocycles. The summed E-state index contributed by atoms with van der Waals surface area (Å²) < 4.78 is 32.9. The molecular weight excluding hydrogens is 288 g/mol. The Hall–Kier alpha value is -1.66. The monoisotopic (exact) mass is 308 g/mol. The van der Waals surface area contributed by atoms with Gasteiger partial charge in [-0.15, -0.1) is 0 Å². The van der Waals surface area contributed by atoms with E-state index in [4.69, 9.17) is 4.52 Å². The largest absolute Gasteiger partial charge is 0.356 e. The van der Waals surface area contributed by atoms with Gasteiger partial charge >= 0.3 is 0 Å². The van der Waals surface area contributed by atoms with Crippen molar-refractivity contribution in [3.8, 4) is 11.3 Å². The fraction of sp³-hybridized carbons (Fsp3) is 0.400. The van der Waals surface area contributed by atoms with E-state index in [1.165, 1.54) is 0 Å². The zero-order valence-corrected chi connectivity index (χ0v) is 13.7. The highest BCUT2D eigenvalue weighted by Crippen LogP contribution is 2.26. The van der Waals surface area contributed by atoms with Crippen LogP contribution in [0.15, 0.2) is 33.7 Å². The summed E-state index contributed by atoms with van der Waals surface area (Å²) in [4.78, 5) is 0.254. The predicted molar refractivity (Wildman–Crippen MR) is 81.5 cm³/mol. The molecule has 6 heteroatoms. The number of rotatable bonds is 3. The molecule has 2 rings (SSSR count). The molecule has 0 amide bonds. The van der Waals surface area contributed by atoms with Crippen molar-refractivity contribution >= 4 is 10.0 Å². The molecule has 114 valence electrons. The van der Waals surface area contributed by atoms with E-state index in [2.05, 4.69) is 9.88 Å². The second kappa shape index (κ2) is 5.27. The Labute approximate surface area is 125 Å². The number of hydrogen-bond acceptors (Lipinski definition) is 4. The van der Waals surface area contributed by atoms with Crippen LogP contribution in [0.25, 0.3) is 11.3 Å². The van der Waals surface area contributed by atoms with E-state index in [-0.39, 0.29) is 4.90 Å². The summed E-state index contributed by atoms with van der Waals surface area (Å²) in [5.41, 5.74) is 1.59. The van der Waals surface area contributed by atoms with Gasteiger partial charge in [0.05, 0.1) is 10.6 Å². The molecule has 2 aromatic rings. The number of aromatic nitrogens is 1. The molecule has 21 heavy (non-hydrogen) atoms. The Bertz CT molecular complexity index is 755. The Morgan fingerprint density at radius 3 is 2.33 bits per heavy atom. The van der Waals surface area contributed by atoms with Gasteiger partial charge in [-0.25, -0.2) is 13.1 Å². The third-order valence-corrected chi connectivity index (χ3v) is 4.73. The number of benzene rings is 1. The van der Waals surface area contributed by atoms with Crippen LogP contribution < -0.4 is 4.72 Å². The third-order valence-electron chi connectivity index (χ3n) is 2.83. The maximum absolute atomic E-state index is 12.5. The maximum Gasteiger partial charge on any atom is 0.241 e. The molecule has 0 unspecified atom stereocenters. The summed E-state index contributed by atoms with van der Waals surface area (Å²) in [5.74, 6) is 0.555. The van der Waals surface area contributed by atoms with Crippen LogP contribution in [0.2, 0.25) is 0 Å². The molecule has 0 atom stereocenters. The van der Waals surface area contributed by atoms with E-state index in [0.29, 0.717) is 16.9 Å². The summed E-state index contributed by atoms with van der Waals surface area (Å²) in [7, 11) is -3.58. The van der Waals surface area contributed by atoms with E-state index in [1.807, 2.05) is 33.8 Å². The van der Waals surface area contributed by atoms with Crippen molar-refractivity contribution in [2.24, 2.45) is 0 Å². The zero-order valence-electron chi connectivity index (χ0n) is 12.9. The molecule has 1 heterocycles. The van der Waals surface area contributed by atoms with Gasteiger partial charge in [-0.3, -0.25) is 0 Å². The zero-order chi connectivity index (χ0) is 15.8. The molecule has 0 aliphatic rings. The average Bonchev–Trinajstić information content (AvgIpc) is 2.73. The average molecular weight is 308 g/mol. The molecule has 0 radical (unpaired) electrons. The van der Waals surface area contributed by atoms with Crippen molar-refractivity contribution < 1.29 is 12.9 Å². The van der Waals surface area contributed by atoms with Crippen molar-refractivity contribution in [2.75, 3.05) is 0 Å². The van der Waals surface area contributed by atoms with Gasteiger partial charge in [0.2, 0.25) is 10.0 Å². The number of nitrogens with zero attached hydrogens (tertiary/aromatic N) is 1. The number of sulfonamides is 1. The fourth-order valence-corrected chi connectivity index (χ4v) is 3.69. The van der Waals surface area contributed by atoms with Crippen LogP contribution >= 0.6 is 0 Å². The van der Waals surface area contributed by atoms with Crippen LogP contribution in [0.4, 0.5) is 0 Å². The van der Waals surface area contributed by atoms with E-state index in [9.17, 15) is 8.42 Å². The van der Waals surface area contributed by atoms with Crippen molar-refractivity contribution in [3.05, 3.63) is 35.5 Å². The van der Waals surface area contributed by atoms with Gasteiger partial charge in [-0.05, 0) is 46.2 Å². The van der Waals surface area contributed by atoms with Gasteiger partial charge in [0.15, 0.2) is 5.76 Å². The lowest BCUT2D eigenvalue weighted by Crippen LogP contribution is -2.40. The molecule has 1 N–H and O–H groups in total. The third kappa shape index (κ3) is 3.71. The molecule has 0 saturated heterocycles. The van der Waals surface area contributed by atoms with Crippen LogP contribution in [0.5, 0.6) is 0 Å². The maximum atomic E-state index is 12.5.